The van der Waals surface area contributed by atoms with E-state index in [2.05, 4.69) is 53.1 Å². The molecule has 1 N–H and O–H groups in total. The molecular formula is C16H21N3. The van der Waals surface area contributed by atoms with Crippen LogP contribution in [-0.2, 0) is 6.42 Å². The van der Waals surface area contributed by atoms with Gasteiger partial charge in [0.05, 0.1) is 0 Å². The van der Waals surface area contributed by atoms with E-state index in [0.717, 1.165) is 30.2 Å². The molecule has 1 aromatic carbocycles. The Morgan fingerprint density at radius 1 is 1.32 bits per heavy atom. The Balaban J connectivity index is 1.98. The van der Waals surface area contributed by atoms with Crippen molar-refractivity contribution in [2.45, 2.75) is 33.1 Å². The molecule has 0 saturated carbocycles. The van der Waals surface area contributed by atoms with Crippen molar-refractivity contribution in [1.82, 2.24) is 9.97 Å². The Kier molecular flexibility index (Phi) is 4.50. The topological polar surface area (TPSA) is 41.0 Å². The van der Waals surface area contributed by atoms with Crippen molar-refractivity contribution in [3.8, 4) is 0 Å². The summed E-state index contributed by atoms with van der Waals surface area (Å²) in [6.45, 7) is 7.12. The van der Waals surface area contributed by atoms with Crippen LogP contribution in [0.15, 0.2) is 35.3 Å². The molecule has 19 heavy (non-hydrogen) atoms. The molecule has 0 saturated heterocycles. The number of H-pyrrole nitrogens is 1. The first kappa shape index (κ1) is 13.5. The predicted molar refractivity (Wildman–Crippen MR) is 80.0 cm³/mol. The lowest BCUT2D eigenvalue weighted by molar-refractivity contribution is 0.777. The highest BCUT2D eigenvalue weighted by molar-refractivity contribution is 5.78. The molecule has 0 spiro atoms. The summed E-state index contributed by atoms with van der Waals surface area (Å²) in [5, 5.41) is 0. The second kappa shape index (κ2) is 6.32. The molecule has 100 valence electrons. The standard InChI is InChI=1S/C16H21N3/c1-4-16-18-13(3)15(19-16)11-17-10-12(2)14-8-6-5-7-9-14/h5-9,11-12H,4,10H2,1-3H3,(H,18,19). The lowest BCUT2D eigenvalue weighted by Crippen LogP contribution is -1.98. The maximum atomic E-state index is 4.52. The second-order valence-electron chi connectivity index (χ2n) is 4.85. The minimum Gasteiger partial charge on any atom is -0.346 e. The molecule has 2 rings (SSSR count). The van der Waals surface area contributed by atoms with E-state index < -0.39 is 0 Å². The molecule has 0 aliphatic rings. The zero-order valence-corrected chi connectivity index (χ0v) is 11.9. The van der Waals surface area contributed by atoms with Crippen LogP contribution < -0.4 is 0 Å². The van der Waals surface area contributed by atoms with Crippen molar-refractivity contribution < 1.29 is 0 Å². The van der Waals surface area contributed by atoms with E-state index in [9.17, 15) is 0 Å². The smallest absolute Gasteiger partial charge is 0.106 e. The number of hydrogen-bond acceptors (Lipinski definition) is 2. The first-order chi connectivity index (χ1) is 9.20. The summed E-state index contributed by atoms with van der Waals surface area (Å²) < 4.78 is 0. The van der Waals surface area contributed by atoms with Crippen LogP contribution in [0.2, 0.25) is 0 Å². The van der Waals surface area contributed by atoms with Crippen LogP contribution in [0.3, 0.4) is 0 Å². The van der Waals surface area contributed by atoms with Gasteiger partial charge in [-0.15, -0.1) is 0 Å². The third kappa shape index (κ3) is 3.53. The van der Waals surface area contributed by atoms with Gasteiger partial charge in [-0.25, -0.2) is 4.98 Å². The predicted octanol–water partition coefficient (Wildman–Crippen LogP) is 3.50. The van der Waals surface area contributed by atoms with E-state index in [1.807, 2.05) is 19.2 Å². The Hall–Kier alpha value is -1.90. The van der Waals surface area contributed by atoms with Crippen LogP contribution in [-0.4, -0.2) is 22.7 Å². The molecule has 1 unspecified atom stereocenters. The molecule has 1 atom stereocenters. The fraction of sp³-hybridized carbons (Fsp3) is 0.375. The van der Waals surface area contributed by atoms with E-state index in [1.54, 1.807) is 0 Å². The minimum absolute atomic E-state index is 0.433. The molecule has 0 aliphatic heterocycles. The first-order valence-corrected chi connectivity index (χ1v) is 6.81. The molecular weight excluding hydrogens is 234 g/mol. The fourth-order valence-electron chi connectivity index (χ4n) is 2.02. The van der Waals surface area contributed by atoms with Crippen molar-refractivity contribution in [1.29, 1.82) is 0 Å². The van der Waals surface area contributed by atoms with Gasteiger partial charge in [0, 0.05) is 30.8 Å². The van der Waals surface area contributed by atoms with Gasteiger partial charge in [-0.05, 0) is 12.5 Å². The summed E-state index contributed by atoms with van der Waals surface area (Å²) in [7, 11) is 0. The largest absolute Gasteiger partial charge is 0.346 e. The van der Waals surface area contributed by atoms with Crippen LogP contribution in [0.1, 0.15) is 42.5 Å². The Morgan fingerprint density at radius 3 is 2.68 bits per heavy atom. The van der Waals surface area contributed by atoms with Crippen molar-refractivity contribution in [3.05, 3.63) is 53.1 Å². The molecule has 3 heteroatoms. The van der Waals surface area contributed by atoms with E-state index in [1.165, 1.54) is 5.56 Å². The molecule has 3 nitrogen and oxygen atoms in total. The van der Waals surface area contributed by atoms with Gasteiger partial charge in [-0.1, -0.05) is 44.2 Å². The van der Waals surface area contributed by atoms with Crippen LogP contribution >= 0.6 is 0 Å². The zero-order chi connectivity index (χ0) is 13.7. The lowest BCUT2D eigenvalue weighted by atomic mass is 10.0. The van der Waals surface area contributed by atoms with Gasteiger partial charge in [0.1, 0.15) is 11.5 Å². The number of benzene rings is 1. The molecule has 0 radical (unpaired) electrons. The summed E-state index contributed by atoms with van der Waals surface area (Å²) >= 11 is 0. The van der Waals surface area contributed by atoms with Gasteiger partial charge in [0.15, 0.2) is 0 Å². The molecule has 0 aliphatic carbocycles. The monoisotopic (exact) mass is 255 g/mol. The number of aliphatic imine (C=N–C) groups is 1. The molecule has 1 heterocycles. The first-order valence-electron chi connectivity index (χ1n) is 6.81. The highest BCUT2D eigenvalue weighted by Crippen LogP contribution is 2.14. The maximum absolute atomic E-state index is 4.52. The number of nitrogens with one attached hydrogen (secondary N) is 1. The fourth-order valence-corrected chi connectivity index (χ4v) is 2.02. The third-order valence-electron chi connectivity index (χ3n) is 3.27. The highest BCUT2D eigenvalue weighted by atomic mass is 14.9. The Labute approximate surface area is 114 Å². The lowest BCUT2D eigenvalue weighted by Gasteiger charge is -2.07. The van der Waals surface area contributed by atoms with Gasteiger partial charge >= 0.3 is 0 Å². The SMILES string of the molecule is CCc1nc(C=NCC(C)c2ccccc2)c(C)[nH]1. The van der Waals surface area contributed by atoms with Gasteiger partial charge < -0.3 is 4.98 Å². The van der Waals surface area contributed by atoms with Crippen molar-refractivity contribution in [2.75, 3.05) is 6.54 Å². The second-order valence-corrected chi connectivity index (χ2v) is 4.85. The summed E-state index contributed by atoms with van der Waals surface area (Å²) in [5.74, 6) is 1.46. The summed E-state index contributed by atoms with van der Waals surface area (Å²) in [6, 6.07) is 10.5. The molecule has 0 bridgehead atoms. The zero-order valence-electron chi connectivity index (χ0n) is 11.9. The summed E-state index contributed by atoms with van der Waals surface area (Å²) in [5.41, 5.74) is 3.37. The average Bonchev–Trinajstić information content (AvgIpc) is 2.80. The van der Waals surface area contributed by atoms with E-state index in [0.29, 0.717) is 5.92 Å². The van der Waals surface area contributed by atoms with E-state index in [-0.39, 0.29) is 0 Å². The third-order valence-corrected chi connectivity index (χ3v) is 3.27. The molecule has 0 fully saturated rings. The quantitative estimate of drug-likeness (QED) is 0.816. The molecule has 0 amide bonds. The summed E-state index contributed by atoms with van der Waals surface area (Å²) in [6.07, 6.45) is 2.81. The van der Waals surface area contributed by atoms with E-state index in [4.69, 9.17) is 0 Å². The number of hydrogen-bond donors (Lipinski definition) is 1. The molecule has 1 aromatic heterocycles. The molecule has 2 aromatic rings. The van der Waals surface area contributed by atoms with Crippen LogP contribution in [0.25, 0.3) is 0 Å². The number of rotatable bonds is 5. The number of imidazole rings is 1. The maximum Gasteiger partial charge on any atom is 0.106 e. The van der Waals surface area contributed by atoms with Crippen LogP contribution in [0.4, 0.5) is 0 Å². The van der Waals surface area contributed by atoms with Gasteiger partial charge in [-0.2, -0.15) is 0 Å². The Bertz CT molecular complexity index is 540. The van der Waals surface area contributed by atoms with Crippen molar-refractivity contribution in [2.24, 2.45) is 4.99 Å². The summed E-state index contributed by atoms with van der Waals surface area (Å²) in [4.78, 5) is 12.3. The van der Waals surface area contributed by atoms with Crippen molar-refractivity contribution in [3.63, 3.8) is 0 Å². The number of aryl methyl sites for hydroxylation is 2. The normalized spacial score (nSPS) is 13.0. The number of aromatic amines is 1. The van der Waals surface area contributed by atoms with Gasteiger partial charge in [0.2, 0.25) is 0 Å². The number of nitrogens with zero attached hydrogens (tertiary/aromatic N) is 2. The average molecular weight is 255 g/mol. The van der Waals surface area contributed by atoms with Gasteiger partial charge in [-0.3, -0.25) is 4.99 Å². The van der Waals surface area contributed by atoms with Gasteiger partial charge in [0.25, 0.3) is 0 Å². The van der Waals surface area contributed by atoms with E-state index >= 15 is 0 Å². The minimum atomic E-state index is 0.433. The van der Waals surface area contributed by atoms with Crippen LogP contribution in [0.5, 0.6) is 0 Å². The van der Waals surface area contributed by atoms with Crippen molar-refractivity contribution >= 4 is 6.21 Å². The Morgan fingerprint density at radius 2 is 2.05 bits per heavy atom. The highest BCUT2D eigenvalue weighted by Gasteiger charge is 2.04. The van der Waals surface area contributed by atoms with Crippen LogP contribution in [0, 0.1) is 6.92 Å². The number of aromatic nitrogens is 2.